The van der Waals surface area contributed by atoms with Crippen LogP contribution in [0.3, 0.4) is 0 Å². The fourth-order valence-electron chi connectivity index (χ4n) is 2.71. The zero-order chi connectivity index (χ0) is 11.4. The fourth-order valence-corrected chi connectivity index (χ4v) is 2.71. The second kappa shape index (κ2) is 5.56. The standard InChI is InChI=1S/C15H24O/c1-2-3-5-12-8-10-14(11-9-12)15(16)13-6-4-7-13/h5,14,16H,2-4,6-11H2,1H3. The quantitative estimate of drug-likeness (QED) is 0.530. The van der Waals surface area contributed by atoms with Gasteiger partial charge in [-0.3, -0.25) is 0 Å². The highest BCUT2D eigenvalue weighted by Gasteiger charge is 2.24. The first-order valence-corrected chi connectivity index (χ1v) is 6.90. The Bertz CT molecular complexity index is 283. The number of rotatable bonds is 3. The van der Waals surface area contributed by atoms with Crippen LogP contribution in [0.25, 0.3) is 0 Å². The lowest BCUT2D eigenvalue weighted by Crippen LogP contribution is -2.15. The molecule has 1 heteroatoms. The Morgan fingerprint density at radius 2 is 1.94 bits per heavy atom. The molecule has 2 rings (SSSR count). The summed E-state index contributed by atoms with van der Waals surface area (Å²) >= 11 is 0. The van der Waals surface area contributed by atoms with Gasteiger partial charge in [-0.25, -0.2) is 0 Å². The van der Waals surface area contributed by atoms with Gasteiger partial charge in [-0.15, -0.1) is 0 Å². The van der Waals surface area contributed by atoms with E-state index in [4.69, 9.17) is 0 Å². The summed E-state index contributed by atoms with van der Waals surface area (Å²) in [6.45, 7) is 2.23. The molecular formula is C15H24O. The Balaban J connectivity index is 1.85. The van der Waals surface area contributed by atoms with E-state index in [0.717, 1.165) is 18.6 Å². The van der Waals surface area contributed by atoms with Crippen LogP contribution in [-0.4, -0.2) is 5.11 Å². The average molecular weight is 220 g/mol. The van der Waals surface area contributed by atoms with E-state index in [-0.39, 0.29) is 0 Å². The summed E-state index contributed by atoms with van der Waals surface area (Å²) in [6, 6.07) is 0. The van der Waals surface area contributed by atoms with Gasteiger partial charge < -0.3 is 5.11 Å². The average Bonchev–Trinajstić information content (AvgIpc) is 2.24. The molecule has 1 N–H and O–H groups in total. The van der Waals surface area contributed by atoms with Crippen molar-refractivity contribution in [2.75, 3.05) is 0 Å². The third-order valence-corrected chi connectivity index (χ3v) is 4.06. The first-order chi connectivity index (χ1) is 7.81. The Morgan fingerprint density at radius 1 is 1.25 bits per heavy atom. The summed E-state index contributed by atoms with van der Waals surface area (Å²) in [5, 5.41) is 10.1. The number of unbranched alkanes of at least 4 members (excludes halogenated alkanes) is 1. The highest BCUT2D eigenvalue weighted by Crippen LogP contribution is 2.37. The van der Waals surface area contributed by atoms with Crippen LogP contribution >= 0.6 is 0 Å². The molecule has 0 saturated heterocycles. The van der Waals surface area contributed by atoms with E-state index in [1.54, 1.807) is 5.57 Å². The molecule has 2 aliphatic carbocycles. The molecule has 1 nitrogen and oxygen atoms in total. The third-order valence-electron chi connectivity index (χ3n) is 4.06. The molecule has 16 heavy (non-hydrogen) atoms. The van der Waals surface area contributed by atoms with Gasteiger partial charge in [0.1, 0.15) is 0 Å². The van der Waals surface area contributed by atoms with Gasteiger partial charge in [0.2, 0.25) is 0 Å². The van der Waals surface area contributed by atoms with Crippen LogP contribution in [0, 0.1) is 5.92 Å². The largest absolute Gasteiger partial charge is 0.512 e. The molecule has 2 saturated carbocycles. The van der Waals surface area contributed by atoms with E-state index in [1.165, 1.54) is 50.5 Å². The van der Waals surface area contributed by atoms with Crippen molar-refractivity contribution in [3.05, 3.63) is 23.0 Å². The monoisotopic (exact) mass is 220 g/mol. The van der Waals surface area contributed by atoms with Gasteiger partial charge >= 0.3 is 0 Å². The molecule has 0 atom stereocenters. The number of allylic oxidation sites excluding steroid dienone is 4. The minimum Gasteiger partial charge on any atom is -0.512 e. The van der Waals surface area contributed by atoms with Crippen LogP contribution in [-0.2, 0) is 0 Å². The van der Waals surface area contributed by atoms with Crippen molar-refractivity contribution in [2.45, 2.75) is 64.7 Å². The summed E-state index contributed by atoms with van der Waals surface area (Å²) in [6.07, 6.45) is 13.3. The molecule has 0 aromatic rings. The Hall–Kier alpha value is -0.720. The lowest BCUT2D eigenvalue weighted by Gasteiger charge is -2.28. The topological polar surface area (TPSA) is 20.2 Å². The van der Waals surface area contributed by atoms with E-state index in [0.29, 0.717) is 5.92 Å². The minimum absolute atomic E-state index is 0.481. The van der Waals surface area contributed by atoms with Gasteiger partial charge in [0, 0.05) is 5.92 Å². The van der Waals surface area contributed by atoms with Crippen molar-refractivity contribution in [1.29, 1.82) is 0 Å². The molecule has 2 aliphatic rings. The molecule has 2 fully saturated rings. The predicted molar refractivity (Wildman–Crippen MR) is 68.5 cm³/mol. The number of aliphatic hydroxyl groups is 1. The Labute approximate surface area is 99.3 Å². The molecule has 0 bridgehead atoms. The second-order valence-corrected chi connectivity index (χ2v) is 5.27. The summed E-state index contributed by atoms with van der Waals surface area (Å²) in [5.41, 5.74) is 2.98. The van der Waals surface area contributed by atoms with Crippen molar-refractivity contribution >= 4 is 0 Å². The molecule has 0 aromatic heterocycles. The summed E-state index contributed by atoms with van der Waals surface area (Å²) < 4.78 is 0. The van der Waals surface area contributed by atoms with Gasteiger partial charge in [-0.1, -0.05) is 25.0 Å². The summed E-state index contributed by atoms with van der Waals surface area (Å²) in [7, 11) is 0. The zero-order valence-electron chi connectivity index (χ0n) is 10.5. The van der Waals surface area contributed by atoms with Crippen molar-refractivity contribution < 1.29 is 5.11 Å². The van der Waals surface area contributed by atoms with E-state index < -0.39 is 0 Å². The maximum atomic E-state index is 10.1. The zero-order valence-corrected chi connectivity index (χ0v) is 10.5. The molecule has 0 spiro atoms. The number of hydrogen-bond acceptors (Lipinski definition) is 1. The maximum absolute atomic E-state index is 10.1. The molecular weight excluding hydrogens is 196 g/mol. The molecule has 0 unspecified atom stereocenters. The Morgan fingerprint density at radius 3 is 2.44 bits per heavy atom. The van der Waals surface area contributed by atoms with Gasteiger partial charge in [0.15, 0.2) is 0 Å². The summed E-state index contributed by atoms with van der Waals surface area (Å²) in [5.74, 6) is 1.25. The van der Waals surface area contributed by atoms with Crippen LogP contribution in [0.2, 0.25) is 0 Å². The fraction of sp³-hybridized carbons (Fsp3) is 0.733. The predicted octanol–water partition coefficient (Wildman–Crippen LogP) is 4.90. The first-order valence-electron chi connectivity index (χ1n) is 6.90. The molecule has 0 aromatic carbocycles. The van der Waals surface area contributed by atoms with Gasteiger partial charge in [0.25, 0.3) is 0 Å². The van der Waals surface area contributed by atoms with E-state index in [2.05, 4.69) is 13.0 Å². The van der Waals surface area contributed by atoms with Crippen LogP contribution in [0.1, 0.15) is 64.7 Å². The molecule has 0 heterocycles. The lowest BCUT2D eigenvalue weighted by atomic mass is 9.80. The molecule has 90 valence electrons. The summed E-state index contributed by atoms with van der Waals surface area (Å²) in [4.78, 5) is 0. The third kappa shape index (κ3) is 2.69. The van der Waals surface area contributed by atoms with Crippen LogP contribution in [0.15, 0.2) is 23.0 Å². The first kappa shape index (κ1) is 11.8. The van der Waals surface area contributed by atoms with Crippen molar-refractivity contribution in [3.8, 4) is 0 Å². The molecule has 0 aliphatic heterocycles. The van der Waals surface area contributed by atoms with E-state index in [1.807, 2.05) is 0 Å². The SMILES string of the molecule is CCCC=C1CCC(C(O)=C2CCC2)CC1. The van der Waals surface area contributed by atoms with Crippen molar-refractivity contribution in [2.24, 2.45) is 5.92 Å². The van der Waals surface area contributed by atoms with Crippen molar-refractivity contribution in [3.63, 3.8) is 0 Å². The van der Waals surface area contributed by atoms with Gasteiger partial charge in [0.05, 0.1) is 5.76 Å². The number of hydrogen-bond donors (Lipinski definition) is 1. The van der Waals surface area contributed by atoms with Crippen LogP contribution in [0.5, 0.6) is 0 Å². The van der Waals surface area contributed by atoms with Crippen molar-refractivity contribution in [1.82, 2.24) is 0 Å². The van der Waals surface area contributed by atoms with Crippen LogP contribution in [0.4, 0.5) is 0 Å². The van der Waals surface area contributed by atoms with E-state index >= 15 is 0 Å². The maximum Gasteiger partial charge on any atom is 0.0945 e. The highest BCUT2D eigenvalue weighted by molar-refractivity contribution is 5.18. The number of aliphatic hydroxyl groups excluding tert-OH is 1. The highest BCUT2D eigenvalue weighted by atomic mass is 16.3. The second-order valence-electron chi connectivity index (χ2n) is 5.27. The molecule has 0 radical (unpaired) electrons. The van der Waals surface area contributed by atoms with Crippen LogP contribution < -0.4 is 0 Å². The normalized spacial score (nSPS) is 25.2. The minimum atomic E-state index is 0.481. The lowest BCUT2D eigenvalue weighted by molar-refractivity contribution is 0.278. The molecule has 0 amide bonds. The Kier molecular flexibility index (Phi) is 4.09. The van der Waals surface area contributed by atoms with E-state index in [9.17, 15) is 5.11 Å². The van der Waals surface area contributed by atoms with Gasteiger partial charge in [-0.05, 0) is 56.9 Å². The van der Waals surface area contributed by atoms with Gasteiger partial charge in [-0.2, -0.15) is 0 Å². The smallest absolute Gasteiger partial charge is 0.0945 e.